The number of hydrogen-bond acceptors (Lipinski definition) is 3. The highest BCUT2D eigenvalue weighted by molar-refractivity contribution is 4.82. The fourth-order valence-electron chi connectivity index (χ4n) is 6.88. The van der Waals surface area contributed by atoms with Gasteiger partial charge in [-0.05, 0) is 70.6 Å². The van der Waals surface area contributed by atoms with E-state index in [1.54, 1.807) is 0 Å². The molecule has 0 spiro atoms. The first-order valence-corrected chi connectivity index (χ1v) is 21.4. The molecule has 0 heterocycles. The van der Waals surface area contributed by atoms with Gasteiger partial charge in [-0.15, -0.1) is 0 Å². The molecular formula is C44H88NO3+. The van der Waals surface area contributed by atoms with Crippen molar-refractivity contribution in [2.75, 3.05) is 33.9 Å². The lowest BCUT2D eigenvalue weighted by Crippen LogP contribution is -2.51. The predicted octanol–water partition coefficient (Wildman–Crippen LogP) is 14.3. The number of nitrogens with zero attached hydrogens (tertiary/aromatic N) is 1. The molecule has 0 saturated heterocycles. The van der Waals surface area contributed by atoms with Gasteiger partial charge in [-0.3, -0.25) is 0 Å². The van der Waals surface area contributed by atoms with Crippen molar-refractivity contribution in [2.45, 2.75) is 220 Å². The van der Waals surface area contributed by atoms with Gasteiger partial charge in [0.1, 0.15) is 6.54 Å². The number of quaternary nitrogens is 1. The van der Waals surface area contributed by atoms with E-state index in [0.717, 1.165) is 32.5 Å². The van der Waals surface area contributed by atoms with Crippen LogP contribution in [0.25, 0.3) is 0 Å². The van der Waals surface area contributed by atoms with E-state index >= 15 is 0 Å². The van der Waals surface area contributed by atoms with Crippen molar-refractivity contribution in [1.29, 1.82) is 0 Å². The Kier molecular flexibility index (Phi) is 34.3. The lowest BCUT2D eigenvalue weighted by Gasteiger charge is -2.39. The molecule has 48 heavy (non-hydrogen) atoms. The molecule has 0 saturated carbocycles. The fraction of sp³-hybridized carbons (Fsp3) is 0.909. The van der Waals surface area contributed by atoms with Crippen molar-refractivity contribution in [3.63, 3.8) is 0 Å². The molecule has 0 aromatic heterocycles. The summed E-state index contributed by atoms with van der Waals surface area (Å²) in [6, 6.07) is 0. The predicted molar refractivity (Wildman–Crippen MR) is 212 cm³/mol. The number of ether oxygens (including phenoxy) is 2. The number of hydrogen-bond donors (Lipinski definition) is 1. The molecule has 4 nitrogen and oxygen atoms in total. The Bertz CT molecular complexity index is 654. The van der Waals surface area contributed by atoms with E-state index in [0.29, 0.717) is 6.54 Å². The van der Waals surface area contributed by atoms with Gasteiger partial charge in [-0.2, -0.15) is 4.65 Å². The molecule has 0 aromatic carbocycles. The minimum atomic E-state index is -0.609. The van der Waals surface area contributed by atoms with Gasteiger partial charge in [0.15, 0.2) is 5.79 Å². The molecule has 0 aliphatic rings. The maximum Gasteiger partial charge on any atom is 0.175 e. The van der Waals surface area contributed by atoms with Gasteiger partial charge in [-0.1, -0.05) is 168 Å². The monoisotopic (exact) mass is 679 g/mol. The Morgan fingerprint density at radius 3 is 1.06 bits per heavy atom. The van der Waals surface area contributed by atoms with E-state index in [1.807, 2.05) is 14.1 Å². The summed E-state index contributed by atoms with van der Waals surface area (Å²) in [6.45, 7) is 11.0. The summed E-state index contributed by atoms with van der Waals surface area (Å²) < 4.78 is 13.1. The molecule has 4 heteroatoms. The van der Waals surface area contributed by atoms with E-state index in [9.17, 15) is 5.21 Å². The van der Waals surface area contributed by atoms with Crippen LogP contribution < -0.4 is 0 Å². The van der Waals surface area contributed by atoms with Crippen molar-refractivity contribution in [2.24, 2.45) is 5.92 Å². The Morgan fingerprint density at radius 2 is 0.771 bits per heavy atom. The van der Waals surface area contributed by atoms with Crippen molar-refractivity contribution in [3.8, 4) is 0 Å². The lowest BCUT2D eigenvalue weighted by molar-refractivity contribution is -1.08. The van der Waals surface area contributed by atoms with Crippen LogP contribution >= 0.6 is 0 Å². The Morgan fingerprint density at radius 1 is 0.479 bits per heavy atom. The zero-order valence-corrected chi connectivity index (χ0v) is 33.7. The maximum atomic E-state index is 10.5. The zero-order chi connectivity index (χ0) is 35.4. The molecule has 0 fully saturated rings. The third kappa shape index (κ3) is 31.3. The van der Waals surface area contributed by atoms with E-state index < -0.39 is 5.79 Å². The van der Waals surface area contributed by atoms with E-state index in [4.69, 9.17) is 9.47 Å². The highest BCUT2D eigenvalue weighted by atomic mass is 16.7. The molecule has 286 valence electrons. The van der Waals surface area contributed by atoms with Crippen molar-refractivity contribution in [3.05, 3.63) is 24.3 Å². The van der Waals surface area contributed by atoms with Gasteiger partial charge in [0.05, 0.1) is 33.2 Å². The molecular weight excluding hydrogens is 590 g/mol. The van der Waals surface area contributed by atoms with Gasteiger partial charge in [0, 0.05) is 0 Å². The summed E-state index contributed by atoms with van der Waals surface area (Å²) in [4.78, 5) is 0. The van der Waals surface area contributed by atoms with Crippen LogP contribution in [0.5, 0.6) is 0 Å². The third-order valence-electron chi connectivity index (χ3n) is 9.97. The molecule has 0 aliphatic heterocycles. The smallest absolute Gasteiger partial charge is 0.175 e. The molecule has 0 aromatic rings. The summed E-state index contributed by atoms with van der Waals surface area (Å²) in [5.74, 6) is -0.493. The van der Waals surface area contributed by atoms with Crippen LogP contribution in [0.15, 0.2) is 24.3 Å². The second kappa shape index (κ2) is 34.8. The van der Waals surface area contributed by atoms with Gasteiger partial charge >= 0.3 is 0 Å². The summed E-state index contributed by atoms with van der Waals surface area (Å²) >= 11 is 0. The Hall–Kier alpha value is -0.680. The van der Waals surface area contributed by atoms with E-state index in [1.165, 1.54) is 167 Å². The summed E-state index contributed by atoms with van der Waals surface area (Å²) in [7, 11) is 3.68. The van der Waals surface area contributed by atoms with Crippen LogP contribution in [0.3, 0.4) is 0 Å². The molecule has 0 radical (unpaired) electrons. The highest BCUT2D eigenvalue weighted by Gasteiger charge is 2.40. The summed E-state index contributed by atoms with van der Waals surface area (Å²) in [6.07, 6.45) is 47.3. The zero-order valence-electron chi connectivity index (χ0n) is 33.7. The quantitative estimate of drug-likeness (QED) is 0.0232. The number of rotatable bonds is 38. The average molecular weight is 679 g/mol. The van der Waals surface area contributed by atoms with Gasteiger partial charge < -0.3 is 9.47 Å². The Balaban J connectivity index is 4.10. The van der Waals surface area contributed by atoms with Crippen molar-refractivity contribution in [1.82, 2.24) is 0 Å². The van der Waals surface area contributed by atoms with Gasteiger partial charge in [0.2, 0.25) is 0 Å². The fourth-order valence-corrected chi connectivity index (χ4v) is 6.88. The van der Waals surface area contributed by atoms with Crippen molar-refractivity contribution < 1.29 is 19.3 Å². The second-order valence-electron chi connectivity index (χ2n) is 15.4. The summed E-state index contributed by atoms with van der Waals surface area (Å²) in [5.41, 5.74) is 0. The van der Waals surface area contributed by atoms with Crippen LogP contribution in [0, 0.1) is 5.92 Å². The molecule has 0 amide bonds. The molecule has 0 aliphatic carbocycles. The third-order valence-corrected chi connectivity index (χ3v) is 9.97. The molecule has 1 atom stereocenters. The molecule has 1 unspecified atom stereocenters. The minimum absolute atomic E-state index is 0.0574. The SMILES string of the molecule is CCCCCCCC/C=C\CCCCCCCCOC(CC)(OCCCCCCCC/C=C\CCCCCCCC)C(C)C[N+](C)(C)O. The highest BCUT2D eigenvalue weighted by Crippen LogP contribution is 2.30. The number of hydroxylamine groups is 3. The van der Waals surface area contributed by atoms with Crippen LogP contribution in [-0.2, 0) is 9.47 Å². The largest absolute Gasteiger partial charge is 0.349 e. The molecule has 1 N–H and O–H groups in total. The van der Waals surface area contributed by atoms with E-state index in [-0.39, 0.29) is 10.6 Å². The normalized spacial score (nSPS) is 13.4. The number of allylic oxidation sites excluding steroid dienone is 4. The topological polar surface area (TPSA) is 38.7 Å². The first-order valence-electron chi connectivity index (χ1n) is 21.4. The number of unbranched alkanes of at least 4 members (excludes halogenated alkanes) is 24. The lowest BCUT2D eigenvalue weighted by atomic mass is 9.96. The Labute approximate surface area is 302 Å². The molecule has 0 rings (SSSR count). The molecule has 0 bridgehead atoms. The van der Waals surface area contributed by atoms with Crippen LogP contribution in [0.4, 0.5) is 0 Å². The van der Waals surface area contributed by atoms with Crippen molar-refractivity contribution >= 4 is 0 Å². The first-order chi connectivity index (χ1) is 23.3. The minimum Gasteiger partial charge on any atom is -0.349 e. The van der Waals surface area contributed by atoms with Crippen LogP contribution in [0.2, 0.25) is 0 Å². The second-order valence-corrected chi connectivity index (χ2v) is 15.4. The maximum absolute atomic E-state index is 10.5. The van der Waals surface area contributed by atoms with E-state index in [2.05, 4.69) is 52.0 Å². The van der Waals surface area contributed by atoms with Crippen LogP contribution in [-0.4, -0.2) is 49.5 Å². The van der Waals surface area contributed by atoms with Crippen LogP contribution in [0.1, 0.15) is 214 Å². The van der Waals surface area contributed by atoms with Gasteiger partial charge in [0.25, 0.3) is 0 Å². The first kappa shape index (κ1) is 47.3. The average Bonchev–Trinajstić information content (AvgIpc) is 3.05. The standard InChI is InChI=1S/C44H88NO3/c1-7-10-12-14-16-18-20-22-24-26-28-30-32-34-36-38-40-47-44(9-3,43(4)42-45(5,6)46)48-41-39-37-35-33-31-29-27-25-23-21-19-17-15-13-11-8-2/h22-25,43,46H,7-21,26-42H2,1-6H3/q+1/b24-22-,25-23-. The van der Waals surface area contributed by atoms with Gasteiger partial charge in [-0.25, -0.2) is 5.21 Å². The summed E-state index contributed by atoms with van der Waals surface area (Å²) in [5, 5.41) is 10.5.